The summed E-state index contributed by atoms with van der Waals surface area (Å²) in [6, 6.07) is 20.2. The van der Waals surface area contributed by atoms with Crippen molar-refractivity contribution >= 4 is 11.7 Å². The van der Waals surface area contributed by atoms with Crippen LogP contribution >= 0.6 is 0 Å². The van der Waals surface area contributed by atoms with E-state index in [1.165, 1.54) is 6.33 Å². The van der Waals surface area contributed by atoms with Gasteiger partial charge in [0.05, 0.1) is 5.69 Å². The first kappa shape index (κ1) is 18.5. The molecule has 30 heavy (non-hydrogen) atoms. The van der Waals surface area contributed by atoms with E-state index in [-0.39, 0.29) is 11.8 Å². The molecule has 6 heteroatoms. The molecule has 3 heterocycles. The van der Waals surface area contributed by atoms with E-state index in [1.54, 1.807) is 4.52 Å². The highest BCUT2D eigenvalue weighted by Gasteiger charge is 2.27. The molecule has 6 nitrogen and oxygen atoms in total. The number of likely N-dealkylation sites (tertiary alicyclic amines) is 1. The lowest BCUT2D eigenvalue weighted by atomic mass is 9.93. The summed E-state index contributed by atoms with van der Waals surface area (Å²) >= 11 is 0. The van der Waals surface area contributed by atoms with E-state index in [0.29, 0.717) is 12.3 Å². The quantitative estimate of drug-likeness (QED) is 0.522. The Labute approximate surface area is 175 Å². The van der Waals surface area contributed by atoms with E-state index in [4.69, 9.17) is 0 Å². The summed E-state index contributed by atoms with van der Waals surface area (Å²) in [6.07, 6.45) is 3.52. The third kappa shape index (κ3) is 3.45. The summed E-state index contributed by atoms with van der Waals surface area (Å²) in [5.74, 6) is 0.919. The molecule has 1 amide bonds. The van der Waals surface area contributed by atoms with Crippen LogP contribution in [0, 0.1) is 6.92 Å². The van der Waals surface area contributed by atoms with E-state index in [2.05, 4.69) is 33.3 Å². The van der Waals surface area contributed by atoms with Gasteiger partial charge in [-0.3, -0.25) is 4.79 Å². The number of hydrogen-bond acceptors (Lipinski definition) is 4. The van der Waals surface area contributed by atoms with Gasteiger partial charge in [-0.2, -0.15) is 10.1 Å². The van der Waals surface area contributed by atoms with Crippen molar-refractivity contribution in [3.8, 4) is 11.1 Å². The van der Waals surface area contributed by atoms with Gasteiger partial charge in [-0.15, -0.1) is 0 Å². The van der Waals surface area contributed by atoms with Crippen molar-refractivity contribution in [3.63, 3.8) is 0 Å². The minimum atomic E-state index is 0.0833. The molecule has 0 saturated carbocycles. The Morgan fingerprint density at radius 3 is 2.60 bits per heavy atom. The first-order valence-electron chi connectivity index (χ1n) is 10.3. The van der Waals surface area contributed by atoms with Crippen LogP contribution in [0.2, 0.25) is 0 Å². The van der Waals surface area contributed by atoms with Crippen LogP contribution in [0.25, 0.3) is 16.9 Å². The Morgan fingerprint density at radius 2 is 1.80 bits per heavy atom. The third-order valence-corrected chi connectivity index (χ3v) is 5.77. The average Bonchev–Trinajstić information content (AvgIpc) is 3.27. The first-order valence-corrected chi connectivity index (χ1v) is 10.3. The summed E-state index contributed by atoms with van der Waals surface area (Å²) in [7, 11) is 0. The van der Waals surface area contributed by atoms with Gasteiger partial charge in [0.25, 0.3) is 11.7 Å². The zero-order valence-electron chi connectivity index (χ0n) is 16.9. The fourth-order valence-electron chi connectivity index (χ4n) is 4.27. The molecule has 1 atom stereocenters. The summed E-state index contributed by atoms with van der Waals surface area (Å²) in [6.45, 7) is 3.43. The van der Waals surface area contributed by atoms with Crippen LogP contribution in [0.15, 0.2) is 67.0 Å². The van der Waals surface area contributed by atoms with Gasteiger partial charge >= 0.3 is 0 Å². The van der Waals surface area contributed by atoms with Crippen LogP contribution in [0.1, 0.15) is 40.5 Å². The van der Waals surface area contributed by atoms with E-state index in [9.17, 15) is 4.79 Å². The van der Waals surface area contributed by atoms with E-state index >= 15 is 0 Å². The lowest BCUT2D eigenvalue weighted by Gasteiger charge is -2.33. The highest BCUT2D eigenvalue weighted by molar-refractivity contribution is 5.94. The van der Waals surface area contributed by atoms with Gasteiger partial charge in [0.15, 0.2) is 0 Å². The average molecular weight is 397 g/mol. The molecule has 1 aliphatic rings. The molecule has 0 spiro atoms. The topological polar surface area (TPSA) is 63.4 Å². The van der Waals surface area contributed by atoms with Crippen LogP contribution in [0.5, 0.6) is 0 Å². The third-order valence-electron chi connectivity index (χ3n) is 5.77. The molecule has 1 saturated heterocycles. The fourth-order valence-corrected chi connectivity index (χ4v) is 4.27. The Kier molecular flexibility index (Phi) is 4.75. The van der Waals surface area contributed by atoms with Crippen LogP contribution in [0.3, 0.4) is 0 Å². The van der Waals surface area contributed by atoms with Crippen LogP contribution in [-0.2, 0) is 0 Å². The highest BCUT2D eigenvalue weighted by Crippen LogP contribution is 2.28. The predicted molar refractivity (Wildman–Crippen MR) is 115 cm³/mol. The van der Waals surface area contributed by atoms with Gasteiger partial charge in [0, 0.05) is 30.3 Å². The molecule has 4 aromatic rings. The number of rotatable bonds is 3. The van der Waals surface area contributed by atoms with Crippen molar-refractivity contribution in [3.05, 3.63) is 83.9 Å². The SMILES string of the molecule is Cc1cc(C2CCCN(C(=O)c3ccc(-c4ccccc4)cc3)C2)n2ncnc2n1. The van der Waals surface area contributed by atoms with E-state index in [1.807, 2.05) is 54.3 Å². The second-order valence-electron chi connectivity index (χ2n) is 7.83. The van der Waals surface area contributed by atoms with Gasteiger partial charge in [0.2, 0.25) is 0 Å². The smallest absolute Gasteiger partial charge is 0.253 e. The Bertz CT molecular complexity index is 1180. The van der Waals surface area contributed by atoms with E-state index in [0.717, 1.165) is 47.5 Å². The molecule has 1 fully saturated rings. The maximum Gasteiger partial charge on any atom is 0.253 e. The molecular formula is C24H23N5O. The molecule has 2 aromatic carbocycles. The van der Waals surface area contributed by atoms with Gasteiger partial charge in [-0.05, 0) is 49.1 Å². The number of carbonyl (C=O) groups is 1. The summed E-state index contributed by atoms with van der Waals surface area (Å²) in [4.78, 5) is 23.8. The van der Waals surface area contributed by atoms with Crippen LogP contribution in [0.4, 0.5) is 0 Å². The van der Waals surface area contributed by atoms with Crippen molar-refractivity contribution < 1.29 is 4.79 Å². The second kappa shape index (κ2) is 7.71. The summed E-state index contributed by atoms with van der Waals surface area (Å²) in [5.41, 5.74) is 4.99. The number of aryl methyl sites for hydroxylation is 1. The lowest BCUT2D eigenvalue weighted by Crippen LogP contribution is -2.39. The van der Waals surface area contributed by atoms with Crippen LogP contribution in [-0.4, -0.2) is 43.5 Å². The molecular weight excluding hydrogens is 374 g/mol. The van der Waals surface area contributed by atoms with Crippen molar-refractivity contribution in [2.75, 3.05) is 13.1 Å². The molecule has 1 aliphatic heterocycles. The molecule has 2 aromatic heterocycles. The van der Waals surface area contributed by atoms with Gasteiger partial charge in [-0.25, -0.2) is 9.50 Å². The molecule has 0 N–H and O–H groups in total. The Balaban J connectivity index is 1.37. The maximum absolute atomic E-state index is 13.2. The molecule has 150 valence electrons. The minimum Gasteiger partial charge on any atom is -0.338 e. The molecule has 5 rings (SSSR count). The monoisotopic (exact) mass is 397 g/mol. The number of aromatic nitrogens is 4. The van der Waals surface area contributed by atoms with Gasteiger partial charge in [0.1, 0.15) is 6.33 Å². The Hall–Kier alpha value is -3.54. The molecule has 0 aliphatic carbocycles. The number of piperidine rings is 1. The minimum absolute atomic E-state index is 0.0833. The summed E-state index contributed by atoms with van der Waals surface area (Å²) < 4.78 is 1.81. The van der Waals surface area contributed by atoms with Gasteiger partial charge < -0.3 is 4.90 Å². The van der Waals surface area contributed by atoms with Crippen LogP contribution < -0.4 is 0 Å². The lowest BCUT2D eigenvalue weighted by molar-refractivity contribution is 0.0705. The van der Waals surface area contributed by atoms with Gasteiger partial charge in [-0.1, -0.05) is 42.5 Å². The molecule has 1 unspecified atom stereocenters. The number of amides is 1. The summed E-state index contributed by atoms with van der Waals surface area (Å²) in [5, 5.41) is 4.34. The molecule has 0 radical (unpaired) electrons. The van der Waals surface area contributed by atoms with Crippen molar-refractivity contribution in [2.45, 2.75) is 25.7 Å². The Morgan fingerprint density at radius 1 is 1.03 bits per heavy atom. The standard InChI is InChI=1S/C24H23N5O/c1-17-14-22(29-24(27-17)25-16-26-29)21-8-5-13-28(15-21)23(30)20-11-9-19(10-12-20)18-6-3-2-4-7-18/h2-4,6-7,9-12,14,16,21H,5,8,13,15H2,1H3. The number of fused-ring (bicyclic) bond motifs is 1. The van der Waals surface area contributed by atoms with Crippen molar-refractivity contribution in [1.29, 1.82) is 0 Å². The number of hydrogen-bond donors (Lipinski definition) is 0. The fraction of sp³-hybridized carbons (Fsp3) is 0.250. The number of nitrogens with zero attached hydrogens (tertiary/aromatic N) is 5. The normalized spacial score (nSPS) is 16.7. The maximum atomic E-state index is 13.2. The van der Waals surface area contributed by atoms with Crippen molar-refractivity contribution in [2.24, 2.45) is 0 Å². The van der Waals surface area contributed by atoms with Crippen molar-refractivity contribution in [1.82, 2.24) is 24.5 Å². The first-order chi connectivity index (χ1) is 14.7. The largest absolute Gasteiger partial charge is 0.338 e. The predicted octanol–water partition coefficient (Wildman–Crippen LogP) is 4.12. The second-order valence-corrected chi connectivity index (χ2v) is 7.83. The number of benzene rings is 2. The zero-order valence-corrected chi connectivity index (χ0v) is 16.9. The molecule has 0 bridgehead atoms. The highest BCUT2D eigenvalue weighted by atomic mass is 16.2. The zero-order chi connectivity index (χ0) is 20.5. The number of carbonyl (C=O) groups excluding carboxylic acids is 1. The van der Waals surface area contributed by atoms with E-state index < -0.39 is 0 Å².